The van der Waals surface area contributed by atoms with Gasteiger partial charge in [-0.2, -0.15) is 5.10 Å². The predicted molar refractivity (Wildman–Crippen MR) is 139 cm³/mol. The molecular formula is C27H25ClFN5O4. The third-order valence-electron chi connectivity index (χ3n) is 5.53. The van der Waals surface area contributed by atoms with E-state index in [0.29, 0.717) is 27.5 Å². The van der Waals surface area contributed by atoms with Crippen LogP contribution in [0.15, 0.2) is 72.9 Å². The van der Waals surface area contributed by atoms with Gasteiger partial charge in [-0.1, -0.05) is 41.9 Å². The van der Waals surface area contributed by atoms with Crippen LogP contribution in [0.2, 0.25) is 5.02 Å². The Balaban J connectivity index is 1.51. The molecule has 1 amide bonds. The largest absolute Gasteiger partial charge is 0.464 e. The van der Waals surface area contributed by atoms with Crippen LogP contribution in [-0.4, -0.2) is 56.4 Å². The Labute approximate surface area is 223 Å². The number of hydrogen-bond donors (Lipinski definition) is 3. The first-order valence-corrected chi connectivity index (χ1v) is 12.1. The molecule has 196 valence electrons. The second kappa shape index (κ2) is 12.4. The van der Waals surface area contributed by atoms with Gasteiger partial charge in [0.1, 0.15) is 17.2 Å². The molecule has 0 saturated carbocycles. The minimum atomic E-state index is -1.50. The molecule has 2 aromatic heterocycles. The van der Waals surface area contributed by atoms with E-state index in [-0.39, 0.29) is 25.4 Å². The molecule has 1 unspecified atom stereocenters. The van der Waals surface area contributed by atoms with E-state index in [9.17, 15) is 19.1 Å². The van der Waals surface area contributed by atoms with Crippen molar-refractivity contribution < 1.29 is 23.8 Å². The first-order valence-electron chi connectivity index (χ1n) is 11.8. The number of halogens is 2. The van der Waals surface area contributed by atoms with E-state index < -0.39 is 23.8 Å². The zero-order valence-corrected chi connectivity index (χ0v) is 21.2. The maximum Gasteiger partial charge on any atom is 0.336 e. The average molecular weight is 538 g/mol. The van der Waals surface area contributed by atoms with E-state index in [1.165, 1.54) is 23.2 Å². The van der Waals surface area contributed by atoms with Gasteiger partial charge in [0.15, 0.2) is 6.10 Å². The minimum absolute atomic E-state index is 0.105. The molecule has 3 N–H and O–H groups in total. The zero-order valence-electron chi connectivity index (χ0n) is 20.4. The molecule has 38 heavy (non-hydrogen) atoms. The number of amides is 1. The highest BCUT2D eigenvalue weighted by Crippen LogP contribution is 2.26. The fourth-order valence-corrected chi connectivity index (χ4v) is 3.86. The Morgan fingerprint density at radius 1 is 1.13 bits per heavy atom. The van der Waals surface area contributed by atoms with Crippen molar-refractivity contribution in [3.8, 4) is 22.5 Å². The number of aliphatic hydroxyl groups excluding tert-OH is 1. The molecule has 0 fully saturated rings. The molecule has 0 spiro atoms. The smallest absolute Gasteiger partial charge is 0.336 e. The Hall–Kier alpha value is -4.12. The molecule has 11 heteroatoms. The first kappa shape index (κ1) is 26.9. The highest BCUT2D eigenvalue weighted by Gasteiger charge is 2.23. The van der Waals surface area contributed by atoms with Crippen molar-refractivity contribution in [3.05, 3.63) is 95.0 Å². The van der Waals surface area contributed by atoms with Gasteiger partial charge in [-0.3, -0.25) is 20.3 Å². The third kappa shape index (κ3) is 6.80. The van der Waals surface area contributed by atoms with Gasteiger partial charge in [0, 0.05) is 23.3 Å². The number of hydrazine groups is 1. The number of aromatic amines is 1. The standard InChI is InChI=1S/C27H25ClFN5O4/c1-2-38-27(37)25(35)16-34(33-26(36)24-14-23(31-32-24)22-5-3-4-12-30-22)15-17-6-8-18(9-7-17)20-13-19(28)10-11-21(20)29/h3-14,25,35H,2,15-16H2,1H3,(H,31,32)(H,33,36). The molecule has 0 radical (unpaired) electrons. The topological polar surface area (TPSA) is 120 Å². The van der Waals surface area contributed by atoms with Gasteiger partial charge >= 0.3 is 5.97 Å². The maximum absolute atomic E-state index is 14.3. The minimum Gasteiger partial charge on any atom is -0.464 e. The van der Waals surface area contributed by atoms with E-state index in [2.05, 4.69) is 20.6 Å². The number of hydrogen-bond acceptors (Lipinski definition) is 7. The number of H-pyrrole nitrogens is 1. The fourth-order valence-electron chi connectivity index (χ4n) is 3.69. The number of carbonyl (C=O) groups is 2. The fraction of sp³-hybridized carbons (Fsp3) is 0.185. The van der Waals surface area contributed by atoms with Crippen molar-refractivity contribution in [1.82, 2.24) is 25.6 Å². The number of rotatable bonds is 10. The molecule has 4 aromatic rings. The third-order valence-corrected chi connectivity index (χ3v) is 5.76. The lowest BCUT2D eigenvalue weighted by Gasteiger charge is -2.25. The number of aromatic nitrogens is 3. The summed E-state index contributed by atoms with van der Waals surface area (Å²) in [6.07, 6.45) is 0.120. The quantitative estimate of drug-likeness (QED) is 0.206. The van der Waals surface area contributed by atoms with Gasteiger partial charge in [-0.15, -0.1) is 0 Å². The van der Waals surface area contributed by atoms with Crippen molar-refractivity contribution in [2.45, 2.75) is 19.6 Å². The highest BCUT2D eigenvalue weighted by atomic mass is 35.5. The number of nitrogens with zero attached hydrogens (tertiary/aromatic N) is 3. The van der Waals surface area contributed by atoms with Crippen LogP contribution in [0.25, 0.3) is 22.5 Å². The monoisotopic (exact) mass is 537 g/mol. The molecule has 9 nitrogen and oxygen atoms in total. The van der Waals surface area contributed by atoms with Crippen LogP contribution < -0.4 is 5.43 Å². The summed E-state index contributed by atoms with van der Waals surface area (Å²) < 4.78 is 19.1. The molecular weight excluding hydrogens is 513 g/mol. The number of pyridine rings is 1. The normalized spacial score (nSPS) is 11.8. The molecule has 4 rings (SSSR count). The summed E-state index contributed by atoms with van der Waals surface area (Å²) >= 11 is 6.01. The Morgan fingerprint density at radius 3 is 2.63 bits per heavy atom. The molecule has 0 saturated heterocycles. The van der Waals surface area contributed by atoms with Crippen LogP contribution in [0.5, 0.6) is 0 Å². The summed E-state index contributed by atoms with van der Waals surface area (Å²) in [5.74, 6) is -1.75. The summed E-state index contributed by atoms with van der Waals surface area (Å²) in [5, 5.41) is 18.9. The van der Waals surface area contributed by atoms with Gasteiger partial charge in [-0.05, 0) is 54.4 Å². The Morgan fingerprint density at radius 2 is 1.92 bits per heavy atom. The van der Waals surface area contributed by atoms with E-state index in [1.807, 2.05) is 0 Å². The summed E-state index contributed by atoms with van der Waals surface area (Å²) in [7, 11) is 0. The van der Waals surface area contributed by atoms with Gasteiger partial charge in [-0.25, -0.2) is 14.2 Å². The summed E-state index contributed by atoms with van der Waals surface area (Å²) in [4.78, 5) is 29.2. The lowest BCUT2D eigenvalue weighted by Crippen LogP contribution is -2.47. The van der Waals surface area contributed by atoms with Crippen LogP contribution in [0, 0.1) is 5.82 Å². The summed E-state index contributed by atoms with van der Waals surface area (Å²) in [6.45, 7) is 1.62. The Bertz CT molecular complexity index is 1400. The van der Waals surface area contributed by atoms with Crippen molar-refractivity contribution >= 4 is 23.5 Å². The molecule has 0 aliphatic rings. The van der Waals surface area contributed by atoms with Crippen molar-refractivity contribution in [2.24, 2.45) is 0 Å². The van der Waals surface area contributed by atoms with Gasteiger partial charge in [0.25, 0.3) is 5.91 Å². The summed E-state index contributed by atoms with van der Waals surface area (Å²) in [6, 6.07) is 18.2. The number of aliphatic hydroxyl groups is 1. The SMILES string of the molecule is CCOC(=O)C(O)CN(Cc1ccc(-c2cc(Cl)ccc2F)cc1)NC(=O)c1cc(-c2ccccn2)n[nH]1. The van der Waals surface area contributed by atoms with Crippen LogP contribution in [0.1, 0.15) is 23.0 Å². The average Bonchev–Trinajstić information content (AvgIpc) is 3.42. The molecule has 2 aromatic carbocycles. The van der Waals surface area contributed by atoms with Crippen LogP contribution >= 0.6 is 11.6 Å². The molecule has 0 aliphatic carbocycles. The second-order valence-electron chi connectivity index (χ2n) is 8.29. The number of esters is 1. The van der Waals surface area contributed by atoms with E-state index in [1.54, 1.807) is 61.7 Å². The van der Waals surface area contributed by atoms with E-state index in [4.69, 9.17) is 16.3 Å². The molecule has 0 aliphatic heterocycles. The van der Waals surface area contributed by atoms with Crippen molar-refractivity contribution in [1.29, 1.82) is 0 Å². The van der Waals surface area contributed by atoms with Crippen LogP contribution in [0.3, 0.4) is 0 Å². The molecule has 1 atom stereocenters. The summed E-state index contributed by atoms with van der Waals surface area (Å²) in [5.41, 5.74) is 5.64. The van der Waals surface area contributed by atoms with Crippen molar-refractivity contribution in [2.75, 3.05) is 13.2 Å². The van der Waals surface area contributed by atoms with E-state index >= 15 is 0 Å². The number of carbonyl (C=O) groups excluding carboxylic acids is 2. The van der Waals surface area contributed by atoms with Gasteiger partial charge in [0.2, 0.25) is 0 Å². The maximum atomic E-state index is 14.3. The van der Waals surface area contributed by atoms with E-state index in [0.717, 1.165) is 5.56 Å². The Kier molecular flexibility index (Phi) is 8.80. The number of ether oxygens (including phenoxy) is 1. The van der Waals surface area contributed by atoms with Gasteiger partial charge < -0.3 is 9.84 Å². The van der Waals surface area contributed by atoms with Crippen LogP contribution in [0.4, 0.5) is 4.39 Å². The highest BCUT2D eigenvalue weighted by molar-refractivity contribution is 6.30. The first-order chi connectivity index (χ1) is 18.3. The lowest BCUT2D eigenvalue weighted by molar-refractivity contribution is -0.154. The van der Waals surface area contributed by atoms with Gasteiger partial charge in [0.05, 0.1) is 18.8 Å². The van der Waals surface area contributed by atoms with Crippen LogP contribution in [-0.2, 0) is 16.1 Å². The van der Waals surface area contributed by atoms with Crippen molar-refractivity contribution in [3.63, 3.8) is 0 Å². The zero-order chi connectivity index (χ0) is 27.1. The lowest BCUT2D eigenvalue weighted by atomic mass is 10.0. The number of benzene rings is 2. The number of nitrogens with one attached hydrogen (secondary N) is 2. The molecule has 0 bridgehead atoms. The molecule has 2 heterocycles. The second-order valence-corrected chi connectivity index (χ2v) is 8.73. The predicted octanol–water partition coefficient (Wildman–Crippen LogP) is 4.00.